The molecule has 4 nitrogen and oxygen atoms in total. The molecule has 0 saturated carbocycles. The van der Waals surface area contributed by atoms with Crippen LogP contribution in [0.2, 0.25) is 15.1 Å². The number of halogens is 3. The Labute approximate surface area is 137 Å². The average molecular weight is 367 g/mol. The number of hydrogen-bond donors (Lipinski definition) is 2. The van der Waals surface area contributed by atoms with E-state index in [9.17, 15) is 8.42 Å². The molecule has 2 rings (SSSR count). The van der Waals surface area contributed by atoms with Crippen LogP contribution in [0.4, 0.5) is 5.69 Å². The molecule has 0 aliphatic heterocycles. The van der Waals surface area contributed by atoms with Gasteiger partial charge in [-0.1, -0.05) is 46.9 Å². The summed E-state index contributed by atoms with van der Waals surface area (Å²) in [4.78, 5) is 0.0104. The molecule has 0 fully saturated rings. The minimum atomic E-state index is -3.85. The first-order valence-corrected chi connectivity index (χ1v) is 8.32. The van der Waals surface area contributed by atoms with Crippen molar-refractivity contribution in [2.45, 2.75) is 11.5 Å². The van der Waals surface area contributed by atoms with Crippen LogP contribution in [0.3, 0.4) is 0 Å². The van der Waals surface area contributed by atoms with Crippen LogP contribution in [0.5, 0.6) is 0 Å². The van der Waals surface area contributed by atoms with Crippen molar-refractivity contribution in [3.05, 3.63) is 57.0 Å². The summed E-state index contributed by atoms with van der Waals surface area (Å²) in [6.45, 7) is -0.253. The smallest absolute Gasteiger partial charge is 0.261 e. The van der Waals surface area contributed by atoms with E-state index < -0.39 is 10.0 Å². The summed E-state index contributed by atoms with van der Waals surface area (Å²) in [5, 5.41) is 9.60. The summed E-state index contributed by atoms with van der Waals surface area (Å²) < 4.78 is 26.9. The first kappa shape index (κ1) is 16.4. The van der Waals surface area contributed by atoms with Gasteiger partial charge in [0.05, 0.1) is 32.3 Å². The molecular formula is C13H10Cl3NO3S. The molecule has 0 amide bonds. The number of sulfonamides is 1. The predicted octanol–water partition coefficient (Wildman–Crippen LogP) is 3.94. The van der Waals surface area contributed by atoms with E-state index in [2.05, 4.69) is 4.72 Å². The van der Waals surface area contributed by atoms with Crippen molar-refractivity contribution in [2.24, 2.45) is 0 Å². The van der Waals surface area contributed by atoms with Crippen LogP contribution in [-0.2, 0) is 16.6 Å². The van der Waals surface area contributed by atoms with Crippen molar-refractivity contribution in [1.29, 1.82) is 0 Å². The Balaban J connectivity index is 2.39. The fourth-order valence-corrected chi connectivity index (χ4v) is 3.41. The number of anilines is 1. The highest BCUT2D eigenvalue weighted by molar-refractivity contribution is 7.92. The summed E-state index contributed by atoms with van der Waals surface area (Å²) in [5.74, 6) is 0. The van der Waals surface area contributed by atoms with Crippen molar-refractivity contribution in [2.75, 3.05) is 4.72 Å². The van der Waals surface area contributed by atoms with Crippen LogP contribution >= 0.6 is 34.8 Å². The quantitative estimate of drug-likeness (QED) is 0.805. The molecule has 2 N–H and O–H groups in total. The SMILES string of the molecule is O=S(=O)(Nc1cc(Cl)c(Cl)cc1Cl)c1cccc(CO)c1. The molecule has 21 heavy (non-hydrogen) atoms. The molecule has 0 aliphatic rings. The molecule has 8 heteroatoms. The van der Waals surface area contributed by atoms with Crippen LogP contribution in [0, 0.1) is 0 Å². The first-order chi connectivity index (χ1) is 9.83. The fourth-order valence-electron chi connectivity index (χ4n) is 1.62. The fraction of sp³-hybridized carbons (Fsp3) is 0.0769. The largest absolute Gasteiger partial charge is 0.392 e. The maximum atomic E-state index is 12.3. The Morgan fingerprint density at radius 1 is 1.00 bits per heavy atom. The third kappa shape index (κ3) is 3.81. The molecule has 0 saturated heterocycles. The molecule has 0 heterocycles. The molecule has 0 aromatic heterocycles. The molecular weight excluding hydrogens is 357 g/mol. The van der Waals surface area contributed by atoms with E-state index in [1.54, 1.807) is 6.07 Å². The lowest BCUT2D eigenvalue weighted by atomic mass is 10.2. The van der Waals surface area contributed by atoms with Gasteiger partial charge in [0, 0.05) is 0 Å². The summed E-state index contributed by atoms with van der Waals surface area (Å²) >= 11 is 17.6. The second kappa shape index (κ2) is 6.42. The lowest BCUT2D eigenvalue weighted by molar-refractivity contribution is 0.281. The van der Waals surface area contributed by atoms with Gasteiger partial charge in [0.25, 0.3) is 10.0 Å². The average Bonchev–Trinajstić information content (AvgIpc) is 2.44. The third-order valence-electron chi connectivity index (χ3n) is 2.65. The van der Waals surface area contributed by atoms with Crippen molar-refractivity contribution >= 4 is 50.5 Å². The van der Waals surface area contributed by atoms with Gasteiger partial charge in [0.2, 0.25) is 0 Å². The van der Waals surface area contributed by atoms with Crippen molar-refractivity contribution in [3.8, 4) is 0 Å². The number of benzene rings is 2. The Bertz CT molecular complexity index is 778. The normalized spacial score (nSPS) is 11.4. The number of rotatable bonds is 4. The second-order valence-corrected chi connectivity index (χ2v) is 7.06. The van der Waals surface area contributed by atoms with Crippen molar-refractivity contribution in [3.63, 3.8) is 0 Å². The summed E-state index contributed by atoms with van der Waals surface area (Å²) in [6, 6.07) is 8.62. The van der Waals surface area contributed by atoms with Gasteiger partial charge in [0.15, 0.2) is 0 Å². The number of aliphatic hydroxyl groups is 1. The van der Waals surface area contributed by atoms with E-state index in [0.29, 0.717) is 5.56 Å². The van der Waals surface area contributed by atoms with Gasteiger partial charge in [-0.05, 0) is 29.8 Å². The van der Waals surface area contributed by atoms with Crippen LogP contribution in [0.25, 0.3) is 0 Å². The topological polar surface area (TPSA) is 66.4 Å². The summed E-state index contributed by atoms with van der Waals surface area (Å²) in [5.41, 5.74) is 0.610. The minimum absolute atomic E-state index is 0.0104. The first-order valence-electron chi connectivity index (χ1n) is 5.70. The number of nitrogens with one attached hydrogen (secondary N) is 1. The standard InChI is InChI=1S/C13H10Cl3NO3S/c14-10-5-12(16)13(6-11(10)15)17-21(19,20)9-3-1-2-8(4-9)7-18/h1-6,17-18H,7H2. The van der Waals surface area contributed by atoms with Gasteiger partial charge >= 0.3 is 0 Å². The monoisotopic (exact) mass is 365 g/mol. The van der Waals surface area contributed by atoms with E-state index in [1.807, 2.05) is 0 Å². The highest BCUT2D eigenvalue weighted by Gasteiger charge is 2.17. The molecule has 0 spiro atoms. The molecule has 2 aromatic rings. The van der Waals surface area contributed by atoms with E-state index in [0.717, 1.165) is 0 Å². The third-order valence-corrected chi connectivity index (χ3v) is 5.04. The zero-order valence-corrected chi connectivity index (χ0v) is 13.6. The lowest BCUT2D eigenvalue weighted by Crippen LogP contribution is -2.13. The second-order valence-electron chi connectivity index (χ2n) is 4.16. The van der Waals surface area contributed by atoms with Crippen LogP contribution < -0.4 is 4.72 Å². The lowest BCUT2D eigenvalue weighted by Gasteiger charge is -2.11. The van der Waals surface area contributed by atoms with E-state index >= 15 is 0 Å². The van der Waals surface area contributed by atoms with Crippen LogP contribution in [0.15, 0.2) is 41.3 Å². The van der Waals surface area contributed by atoms with E-state index in [1.165, 1.54) is 30.3 Å². The van der Waals surface area contributed by atoms with E-state index in [-0.39, 0.29) is 32.3 Å². The van der Waals surface area contributed by atoms with Crippen molar-refractivity contribution in [1.82, 2.24) is 0 Å². The van der Waals surface area contributed by atoms with Gasteiger partial charge in [-0.3, -0.25) is 4.72 Å². The zero-order valence-electron chi connectivity index (χ0n) is 10.5. The zero-order chi connectivity index (χ0) is 15.6. The van der Waals surface area contributed by atoms with Crippen LogP contribution in [0.1, 0.15) is 5.56 Å². The maximum Gasteiger partial charge on any atom is 0.261 e. The highest BCUT2D eigenvalue weighted by atomic mass is 35.5. The molecule has 0 radical (unpaired) electrons. The molecule has 2 aromatic carbocycles. The number of hydrogen-bond acceptors (Lipinski definition) is 3. The summed E-state index contributed by atoms with van der Waals surface area (Å²) in [6.07, 6.45) is 0. The van der Waals surface area contributed by atoms with Crippen molar-refractivity contribution < 1.29 is 13.5 Å². The maximum absolute atomic E-state index is 12.3. The van der Waals surface area contributed by atoms with Gasteiger partial charge in [0.1, 0.15) is 0 Å². The van der Waals surface area contributed by atoms with Gasteiger partial charge in [-0.2, -0.15) is 0 Å². The van der Waals surface area contributed by atoms with Gasteiger partial charge < -0.3 is 5.11 Å². The molecule has 0 aliphatic carbocycles. The number of aliphatic hydroxyl groups excluding tert-OH is 1. The molecule has 0 bridgehead atoms. The van der Waals surface area contributed by atoms with Gasteiger partial charge in [-0.15, -0.1) is 0 Å². The summed E-state index contributed by atoms with van der Waals surface area (Å²) in [7, 11) is -3.85. The molecule has 0 atom stereocenters. The highest BCUT2D eigenvalue weighted by Crippen LogP contribution is 2.33. The van der Waals surface area contributed by atoms with Gasteiger partial charge in [-0.25, -0.2) is 8.42 Å². The molecule has 0 unspecified atom stereocenters. The Morgan fingerprint density at radius 2 is 1.67 bits per heavy atom. The van der Waals surface area contributed by atoms with Crippen LogP contribution in [-0.4, -0.2) is 13.5 Å². The van der Waals surface area contributed by atoms with E-state index in [4.69, 9.17) is 39.9 Å². The Morgan fingerprint density at radius 3 is 2.33 bits per heavy atom. The Kier molecular flexibility index (Phi) is 5.01. The predicted molar refractivity (Wildman–Crippen MR) is 84.6 cm³/mol. The molecule has 112 valence electrons. The minimum Gasteiger partial charge on any atom is -0.392 e. The Hall–Kier alpha value is -0.980.